The van der Waals surface area contributed by atoms with Crippen LogP contribution in [-0.2, 0) is 9.53 Å². The van der Waals surface area contributed by atoms with E-state index in [0.29, 0.717) is 24.2 Å². The van der Waals surface area contributed by atoms with Gasteiger partial charge < -0.3 is 9.64 Å². The first-order valence-electron chi connectivity index (χ1n) is 6.45. The summed E-state index contributed by atoms with van der Waals surface area (Å²) in [6.07, 6.45) is 6.36. The minimum Gasteiger partial charge on any atom is -0.373 e. The van der Waals surface area contributed by atoms with Gasteiger partial charge in [0, 0.05) is 0 Å². The Morgan fingerprint density at radius 3 is 2.75 bits per heavy atom. The molecule has 4 nitrogen and oxygen atoms in total. The maximum Gasteiger partial charge on any atom is 0.244 e. The third-order valence-corrected chi connectivity index (χ3v) is 4.73. The Morgan fingerprint density at radius 2 is 2.25 bits per heavy atom. The van der Waals surface area contributed by atoms with Crippen LogP contribution >= 0.6 is 0 Å². The summed E-state index contributed by atoms with van der Waals surface area (Å²) in [5.74, 6) is 0.334. The summed E-state index contributed by atoms with van der Waals surface area (Å²) in [5, 5.41) is 3.46. The first kappa shape index (κ1) is 9.42. The van der Waals surface area contributed by atoms with E-state index in [-0.39, 0.29) is 11.7 Å². The Balaban J connectivity index is 1.61. The van der Waals surface area contributed by atoms with E-state index in [1.54, 1.807) is 0 Å². The van der Waals surface area contributed by atoms with Gasteiger partial charge in [0.2, 0.25) is 5.91 Å². The molecule has 0 radical (unpaired) electrons. The standard InChI is InChI=1S/C12H18N2O2/c1-7-13-12(4-5-12)11(15)14(7)9-6-8-2-3-10(9)16-8/h7-10,13H,2-6H2,1H3. The molecule has 88 valence electrons. The van der Waals surface area contributed by atoms with Crippen LogP contribution in [0.15, 0.2) is 0 Å². The zero-order chi connectivity index (χ0) is 10.9. The van der Waals surface area contributed by atoms with E-state index in [4.69, 9.17) is 4.74 Å². The number of hydrogen-bond acceptors (Lipinski definition) is 3. The Labute approximate surface area is 95.3 Å². The van der Waals surface area contributed by atoms with Crippen LogP contribution in [0.25, 0.3) is 0 Å². The first-order valence-corrected chi connectivity index (χ1v) is 6.45. The lowest BCUT2D eigenvalue weighted by molar-refractivity contribution is -0.133. The zero-order valence-electron chi connectivity index (χ0n) is 9.61. The predicted octanol–water partition coefficient (Wildman–Crippen LogP) is 0.617. The molecule has 4 atom stereocenters. The first-order chi connectivity index (χ1) is 7.70. The van der Waals surface area contributed by atoms with Crippen LogP contribution in [-0.4, -0.2) is 40.8 Å². The average Bonchev–Trinajstić information content (AvgIpc) is 2.66. The van der Waals surface area contributed by atoms with E-state index in [2.05, 4.69) is 17.1 Å². The van der Waals surface area contributed by atoms with E-state index < -0.39 is 0 Å². The lowest BCUT2D eigenvalue weighted by Gasteiger charge is -2.32. The summed E-state index contributed by atoms with van der Waals surface area (Å²) in [5.41, 5.74) is -0.165. The highest BCUT2D eigenvalue weighted by molar-refractivity contribution is 5.92. The molecule has 1 saturated carbocycles. The van der Waals surface area contributed by atoms with Crippen molar-refractivity contribution in [3.05, 3.63) is 0 Å². The fraction of sp³-hybridized carbons (Fsp3) is 0.917. The smallest absolute Gasteiger partial charge is 0.244 e. The second-order valence-corrected chi connectivity index (χ2v) is 5.79. The van der Waals surface area contributed by atoms with Crippen LogP contribution in [0.3, 0.4) is 0 Å². The van der Waals surface area contributed by atoms with Gasteiger partial charge in [0.05, 0.1) is 30.0 Å². The van der Waals surface area contributed by atoms with Crippen molar-refractivity contribution in [3.8, 4) is 0 Å². The highest BCUT2D eigenvalue weighted by Crippen LogP contribution is 2.46. The Morgan fingerprint density at radius 1 is 1.44 bits per heavy atom. The third kappa shape index (κ3) is 1.04. The lowest BCUT2D eigenvalue weighted by atomic mass is 9.94. The number of ether oxygens (including phenoxy) is 1. The van der Waals surface area contributed by atoms with Gasteiger partial charge in [-0.05, 0) is 39.0 Å². The van der Waals surface area contributed by atoms with E-state index in [9.17, 15) is 4.79 Å². The molecule has 4 rings (SSSR count). The fourth-order valence-corrected chi connectivity index (χ4v) is 3.78. The van der Waals surface area contributed by atoms with Crippen LogP contribution in [0.1, 0.15) is 39.0 Å². The molecule has 3 heterocycles. The van der Waals surface area contributed by atoms with E-state index in [1.165, 1.54) is 6.42 Å². The Bertz CT molecular complexity index is 353. The van der Waals surface area contributed by atoms with Crippen molar-refractivity contribution < 1.29 is 9.53 Å². The van der Waals surface area contributed by atoms with Crippen molar-refractivity contribution in [2.24, 2.45) is 0 Å². The van der Waals surface area contributed by atoms with Gasteiger partial charge in [-0.3, -0.25) is 10.1 Å². The highest BCUT2D eigenvalue weighted by atomic mass is 16.5. The number of amides is 1. The maximum atomic E-state index is 12.4. The molecule has 0 aromatic rings. The largest absolute Gasteiger partial charge is 0.373 e. The third-order valence-electron chi connectivity index (χ3n) is 4.73. The van der Waals surface area contributed by atoms with Gasteiger partial charge in [-0.1, -0.05) is 0 Å². The SMILES string of the molecule is CC1NC2(CC2)C(=O)N1C1CC2CCC1O2. The molecule has 0 aromatic heterocycles. The molecule has 1 spiro atoms. The quantitative estimate of drug-likeness (QED) is 0.707. The molecule has 1 N–H and O–H groups in total. The molecule has 1 amide bonds. The average molecular weight is 222 g/mol. The van der Waals surface area contributed by atoms with Crippen LogP contribution in [0, 0.1) is 0 Å². The molecule has 4 unspecified atom stereocenters. The molecule has 4 aliphatic rings. The van der Waals surface area contributed by atoms with Crippen molar-refractivity contribution >= 4 is 5.91 Å². The van der Waals surface area contributed by atoms with Crippen LogP contribution < -0.4 is 5.32 Å². The summed E-state index contributed by atoms with van der Waals surface area (Å²) >= 11 is 0. The summed E-state index contributed by atoms with van der Waals surface area (Å²) < 4.78 is 5.86. The minimum absolute atomic E-state index is 0.165. The van der Waals surface area contributed by atoms with Gasteiger partial charge in [-0.15, -0.1) is 0 Å². The molecular formula is C12H18N2O2. The normalized spacial score (nSPS) is 48.3. The number of carbonyl (C=O) groups excluding carboxylic acids is 1. The summed E-state index contributed by atoms with van der Waals surface area (Å²) in [7, 11) is 0. The second kappa shape index (κ2) is 2.79. The van der Waals surface area contributed by atoms with Crippen molar-refractivity contribution in [2.75, 3.05) is 0 Å². The van der Waals surface area contributed by atoms with Gasteiger partial charge in [0.25, 0.3) is 0 Å². The molecule has 0 aromatic carbocycles. The fourth-order valence-electron chi connectivity index (χ4n) is 3.78. The summed E-state index contributed by atoms with van der Waals surface area (Å²) in [6.45, 7) is 2.11. The number of carbonyl (C=O) groups is 1. The molecule has 16 heavy (non-hydrogen) atoms. The van der Waals surface area contributed by atoms with Gasteiger partial charge >= 0.3 is 0 Å². The monoisotopic (exact) mass is 222 g/mol. The molecule has 3 aliphatic heterocycles. The van der Waals surface area contributed by atoms with Crippen molar-refractivity contribution in [1.29, 1.82) is 0 Å². The maximum absolute atomic E-state index is 12.4. The van der Waals surface area contributed by atoms with E-state index >= 15 is 0 Å². The summed E-state index contributed by atoms with van der Waals surface area (Å²) in [6, 6.07) is 0.341. The van der Waals surface area contributed by atoms with E-state index in [1.807, 2.05) is 0 Å². The molecule has 4 fully saturated rings. The Hall–Kier alpha value is -0.610. The predicted molar refractivity (Wildman–Crippen MR) is 57.7 cm³/mol. The van der Waals surface area contributed by atoms with Crippen molar-refractivity contribution in [3.63, 3.8) is 0 Å². The summed E-state index contributed by atoms with van der Waals surface area (Å²) in [4.78, 5) is 14.5. The van der Waals surface area contributed by atoms with Gasteiger partial charge in [-0.2, -0.15) is 0 Å². The minimum atomic E-state index is -0.165. The number of nitrogens with one attached hydrogen (secondary N) is 1. The molecular weight excluding hydrogens is 204 g/mol. The van der Waals surface area contributed by atoms with Crippen molar-refractivity contribution in [2.45, 2.75) is 69.0 Å². The van der Waals surface area contributed by atoms with Gasteiger partial charge in [-0.25, -0.2) is 0 Å². The van der Waals surface area contributed by atoms with Crippen LogP contribution in [0.5, 0.6) is 0 Å². The molecule has 3 saturated heterocycles. The van der Waals surface area contributed by atoms with Gasteiger partial charge in [0.15, 0.2) is 0 Å². The number of rotatable bonds is 1. The lowest BCUT2D eigenvalue weighted by Crippen LogP contribution is -2.47. The van der Waals surface area contributed by atoms with Gasteiger partial charge in [0.1, 0.15) is 0 Å². The second-order valence-electron chi connectivity index (χ2n) is 5.79. The number of nitrogens with zero attached hydrogens (tertiary/aromatic N) is 1. The van der Waals surface area contributed by atoms with Crippen LogP contribution in [0.4, 0.5) is 0 Å². The molecule has 2 bridgehead atoms. The molecule has 4 heteroatoms. The topological polar surface area (TPSA) is 41.6 Å². The van der Waals surface area contributed by atoms with Crippen molar-refractivity contribution in [1.82, 2.24) is 10.2 Å². The highest BCUT2D eigenvalue weighted by Gasteiger charge is 2.61. The number of hydrogen-bond donors (Lipinski definition) is 1. The Kier molecular flexibility index (Phi) is 1.65. The molecule has 1 aliphatic carbocycles. The van der Waals surface area contributed by atoms with Crippen LogP contribution in [0.2, 0.25) is 0 Å². The zero-order valence-corrected chi connectivity index (χ0v) is 9.61. The van der Waals surface area contributed by atoms with E-state index in [0.717, 1.165) is 25.7 Å². The number of fused-ring (bicyclic) bond motifs is 2.